The number of nitrogens with one attached hydrogen (secondary N) is 1. The second-order valence-electron chi connectivity index (χ2n) is 10.2. The molecule has 4 fully saturated rings. The summed E-state index contributed by atoms with van der Waals surface area (Å²) in [6.45, 7) is 6.76. The lowest BCUT2D eigenvalue weighted by Gasteiger charge is -2.54. The van der Waals surface area contributed by atoms with Crippen molar-refractivity contribution in [3.63, 3.8) is 0 Å². The predicted molar refractivity (Wildman–Crippen MR) is 124 cm³/mol. The van der Waals surface area contributed by atoms with Crippen molar-refractivity contribution in [1.82, 2.24) is 14.7 Å². The van der Waals surface area contributed by atoms with Crippen LogP contribution in [0, 0.1) is 18.8 Å². The van der Waals surface area contributed by atoms with Crippen LogP contribution in [-0.4, -0.2) is 78.6 Å². The van der Waals surface area contributed by atoms with Crippen molar-refractivity contribution in [2.75, 3.05) is 45.2 Å². The molecule has 4 aliphatic rings. The van der Waals surface area contributed by atoms with Gasteiger partial charge in [-0.25, -0.2) is 4.79 Å². The van der Waals surface area contributed by atoms with E-state index in [2.05, 4.69) is 15.1 Å². The smallest absolute Gasteiger partial charge is 0.321 e. The fourth-order valence-electron chi connectivity index (χ4n) is 6.48. The third-order valence-electron chi connectivity index (χ3n) is 8.15. The molecule has 1 N–H and O–H groups in total. The van der Waals surface area contributed by atoms with Gasteiger partial charge in [-0.2, -0.15) is 0 Å². The van der Waals surface area contributed by atoms with Crippen molar-refractivity contribution in [3.05, 3.63) is 23.8 Å². The van der Waals surface area contributed by atoms with E-state index in [0.717, 1.165) is 75.4 Å². The van der Waals surface area contributed by atoms with Gasteiger partial charge in [0.05, 0.1) is 7.11 Å². The van der Waals surface area contributed by atoms with E-state index in [9.17, 15) is 9.59 Å². The molecule has 7 nitrogen and oxygen atoms in total. The van der Waals surface area contributed by atoms with Crippen LogP contribution in [0.4, 0.5) is 10.5 Å². The SMILES string of the molecule is COc1ccc(NC(=O)N2CCC(N3CC4CC(C3)[C@H]3CCCC(=O)N3C4)CC2)c(C)c1. The lowest BCUT2D eigenvalue weighted by Crippen LogP contribution is -2.62. The number of benzene rings is 1. The van der Waals surface area contributed by atoms with Gasteiger partial charge < -0.3 is 19.9 Å². The summed E-state index contributed by atoms with van der Waals surface area (Å²) in [6, 6.07) is 6.74. The number of amides is 3. The molecule has 1 aromatic carbocycles. The number of fused-ring (bicyclic) bond motifs is 4. The zero-order chi connectivity index (χ0) is 22.2. The van der Waals surface area contributed by atoms with E-state index in [4.69, 9.17) is 4.74 Å². The molecule has 1 aromatic rings. The molecule has 3 atom stereocenters. The maximum atomic E-state index is 12.8. The summed E-state index contributed by atoms with van der Waals surface area (Å²) < 4.78 is 5.26. The zero-order valence-corrected chi connectivity index (χ0v) is 19.4. The summed E-state index contributed by atoms with van der Waals surface area (Å²) in [5.74, 6) is 2.43. The second kappa shape index (κ2) is 8.93. The fourth-order valence-corrected chi connectivity index (χ4v) is 6.48. The third-order valence-corrected chi connectivity index (χ3v) is 8.15. The number of hydrogen-bond acceptors (Lipinski definition) is 4. The highest BCUT2D eigenvalue weighted by Crippen LogP contribution is 2.39. The Hall–Kier alpha value is -2.28. The Morgan fingerprint density at radius 2 is 1.94 bits per heavy atom. The first-order valence-corrected chi connectivity index (χ1v) is 12.3. The number of ether oxygens (including phenoxy) is 1. The molecule has 0 radical (unpaired) electrons. The van der Waals surface area contributed by atoms with Crippen molar-refractivity contribution < 1.29 is 14.3 Å². The van der Waals surface area contributed by atoms with Crippen LogP contribution in [-0.2, 0) is 4.79 Å². The van der Waals surface area contributed by atoms with Crippen LogP contribution >= 0.6 is 0 Å². The number of carbonyl (C=O) groups is 2. The second-order valence-corrected chi connectivity index (χ2v) is 10.2. The van der Waals surface area contributed by atoms with Crippen LogP contribution < -0.4 is 10.1 Å². The molecular formula is C25H36N4O3. The lowest BCUT2D eigenvalue weighted by molar-refractivity contribution is -0.145. The van der Waals surface area contributed by atoms with Crippen LogP contribution in [0.2, 0.25) is 0 Å². The van der Waals surface area contributed by atoms with Crippen LogP contribution in [0.1, 0.15) is 44.1 Å². The molecular weight excluding hydrogens is 404 g/mol. The average Bonchev–Trinajstić information content (AvgIpc) is 2.81. The molecule has 174 valence electrons. The number of aryl methyl sites for hydroxylation is 1. The number of rotatable bonds is 3. The average molecular weight is 441 g/mol. The number of hydrogen-bond donors (Lipinski definition) is 1. The van der Waals surface area contributed by atoms with Gasteiger partial charge in [-0.15, -0.1) is 0 Å². The van der Waals surface area contributed by atoms with Gasteiger partial charge in [0.2, 0.25) is 5.91 Å². The van der Waals surface area contributed by atoms with E-state index in [1.54, 1.807) is 7.11 Å². The van der Waals surface area contributed by atoms with Gasteiger partial charge in [0.1, 0.15) is 5.75 Å². The molecule has 4 saturated heterocycles. The van der Waals surface area contributed by atoms with E-state index in [1.807, 2.05) is 30.0 Å². The Morgan fingerprint density at radius 3 is 2.69 bits per heavy atom. The van der Waals surface area contributed by atoms with E-state index in [0.29, 0.717) is 29.8 Å². The number of nitrogens with zero attached hydrogens (tertiary/aromatic N) is 3. The number of urea groups is 1. The first-order chi connectivity index (χ1) is 15.5. The monoisotopic (exact) mass is 440 g/mol. The van der Waals surface area contributed by atoms with Gasteiger partial charge in [0.25, 0.3) is 0 Å². The highest BCUT2D eigenvalue weighted by atomic mass is 16.5. The first kappa shape index (κ1) is 21.6. The van der Waals surface area contributed by atoms with Gasteiger partial charge in [-0.3, -0.25) is 9.69 Å². The van der Waals surface area contributed by atoms with Crippen molar-refractivity contribution >= 4 is 17.6 Å². The third kappa shape index (κ3) is 4.19. The summed E-state index contributed by atoms with van der Waals surface area (Å²) in [5, 5.41) is 3.07. The van der Waals surface area contributed by atoms with E-state index in [1.165, 1.54) is 12.8 Å². The summed E-state index contributed by atoms with van der Waals surface area (Å²) >= 11 is 0. The van der Waals surface area contributed by atoms with Crippen LogP contribution in [0.5, 0.6) is 5.75 Å². The minimum atomic E-state index is -0.0106. The standard InChI is InChI=1S/C25H36N4O3/c1-17-12-21(32-2)6-7-22(17)26-25(31)27-10-8-20(9-11-27)28-14-18-13-19(16-28)23-4-3-5-24(30)29(23)15-18/h6-7,12,18-20,23H,3-5,8-11,13-16H2,1-2H3,(H,26,31)/t18?,19?,23-/m1/s1. The maximum Gasteiger partial charge on any atom is 0.321 e. The molecule has 0 spiro atoms. The number of anilines is 1. The van der Waals surface area contributed by atoms with E-state index in [-0.39, 0.29) is 6.03 Å². The molecule has 2 unspecified atom stereocenters. The maximum absolute atomic E-state index is 12.8. The summed E-state index contributed by atoms with van der Waals surface area (Å²) in [5.41, 5.74) is 1.84. The molecule has 2 bridgehead atoms. The molecule has 4 heterocycles. The fraction of sp³-hybridized carbons (Fsp3) is 0.680. The highest BCUT2D eigenvalue weighted by molar-refractivity contribution is 5.90. The molecule has 0 saturated carbocycles. The van der Waals surface area contributed by atoms with Gasteiger partial charge >= 0.3 is 6.03 Å². The number of methoxy groups -OCH3 is 1. The predicted octanol–water partition coefficient (Wildman–Crippen LogP) is 3.33. The zero-order valence-electron chi connectivity index (χ0n) is 19.4. The quantitative estimate of drug-likeness (QED) is 0.783. The Balaban J connectivity index is 1.15. The molecule has 3 amide bonds. The van der Waals surface area contributed by atoms with Gasteiger partial charge in [0, 0.05) is 56.9 Å². The highest BCUT2D eigenvalue weighted by Gasteiger charge is 2.45. The molecule has 0 aliphatic carbocycles. The van der Waals surface area contributed by atoms with Gasteiger partial charge in [0.15, 0.2) is 0 Å². The number of carbonyl (C=O) groups excluding carboxylic acids is 2. The van der Waals surface area contributed by atoms with Gasteiger partial charge in [-0.05, 0) is 74.6 Å². The van der Waals surface area contributed by atoms with Gasteiger partial charge in [-0.1, -0.05) is 0 Å². The Bertz CT molecular complexity index is 867. The molecule has 7 heteroatoms. The Morgan fingerprint density at radius 1 is 1.12 bits per heavy atom. The molecule has 0 aromatic heterocycles. The number of piperidine rings is 4. The minimum Gasteiger partial charge on any atom is -0.497 e. The van der Waals surface area contributed by atoms with Crippen molar-refractivity contribution in [3.8, 4) is 5.75 Å². The largest absolute Gasteiger partial charge is 0.497 e. The molecule has 4 aliphatic heterocycles. The summed E-state index contributed by atoms with van der Waals surface area (Å²) in [6.07, 6.45) is 6.33. The number of likely N-dealkylation sites (tertiary alicyclic amines) is 2. The normalized spacial score (nSPS) is 28.9. The lowest BCUT2D eigenvalue weighted by atomic mass is 9.75. The molecule has 5 rings (SSSR count). The Labute approximate surface area is 191 Å². The van der Waals surface area contributed by atoms with Crippen LogP contribution in [0.15, 0.2) is 18.2 Å². The van der Waals surface area contributed by atoms with Crippen molar-refractivity contribution in [1.29, 1.82) is 0 Å². The molecule has 32 heavy (non-hydrogen) atoms. The van der Waals surface area contributed by atoms with E-state index >= 15 is 0 Å². The van der Waals surface area contributed by atoms with Crippen molar-refractivity contribution in [2.24, 2.45) is 11.8 Å². The topological polar surface area (TPSA) is 65.1 Å². The first-order valence-electron chi connectivity index (χ1n) is 12.3. The summed E-state index contributed by atoms with van der Waals surface area (Å²) in [4.78, 5) is 32.1. The van der Waals surface area contributed by atoms with Crippen LogP contribution in [0.25, 0.3) is 0 Å². The Kier molecular flexibility index (Phi) is 6.01. The summed E-state index contributed by atoms with van der Waals surface area (Å²) in [7, 11) is 1.65. The minimum absolute atomic E-state index is 0.0106. The van der Waals surface area contributed by atoms with Crippen molar-refractivity contribution in [2.45, 2.75) is 57.5 Å². The van der Waals surface area contributed by atoms with E-state index < -0.39 is 0 Å². The van der Waals surface area contributed by atoms with Crippen LogP contribution in [0.3, 0.4) is 0 Å².